The quantitative estimate of drug-likeness (QED) is 0.768. The van der Waals surface area contributed by atoms with Crippen molar-refractivity contribution in [2.24, 2.45) is 0 Å². The molecule has 0 unspecified atom stereocenters. The number of carbonyl (C=O) groups excluding carboxylic acids is 1. The van der Waals surface area contributed by atoms with E-state index in [0.717, 1.165) is 17.1 Å². The minimum atomic E-state index is -0.0558. The van der Waals surface area contributed by atoms with Crippen LogP contribution in [0.5, 0.6) is 0 Å². The van der Waals surface area contributed by atoms with E-state index in [1.807, 2.05) is 32.0 Å². The molecule has 5 heteroatoms. The fourth-order valence-corrected chi connectivity index (χ4v) is 2.39. The Morgan fingerprint density at radius 3 is 2.50 bits per heavy atom. The number of nitrogens with zero attached hydrogens (tertiary/aromatic N) is 1. The number of hydrogen-bond donors (Lipinski definition) is 3. The van der Waals surface area contributed by atoms with Crippen LogP contribution in [0.4, 0.5) is 5.69 Å². The summed E-state index contributed by atoms with van der Waals surface area (Å²) in [7, 11) is 0. The summed E-state index contributed by atoms with van der Waals surface area (Å²) >= 11 is 0. The summed E-state index contributed by atoms with van der Waals surface area (Å²) in [6.07, 6.45) is 0. The van der Waals surface area contributed by atoms with Gasteiger partial charge in [-0.3, -0.25) is 9.89 Å². The van der Waals surface area contributed by atoms with Gasteiger partial charge in [-0.2, -0.15) is 5.10 Å². The molecule has 0 aliphatic heterocycles. The Kier molecular flexibility index (Phi) is 5.33. The largest absolute Gasteiger partial charge is 0.322 e. The van der Waals surface area contributed by atoms with Crippen molar-refractivity contribution in [3.05, 3.63) is 47.3 Å². The normalized spacial score (nSPS) is 13.6. The van der Waals surface area contributed by atoms with Gasteiger partial charge in [-0.1, -0.05) is 37.3 Å². The van der Waals surface area contributed by atoms with E-state index in [9.17, 15) is 4.79 Å². The van der Waals surface area contributed by atoms with E-state index >= 15 is 0 Å². The molecule has 0 bridgehead atoms. The van der Waals surface area contributed by atoms with Gasteiger partial charge < -0.3 is 10.6 Å². The molecule has 0 aliphatic carbocycles. The van der Waals surface area contributed by atoms with Crippen molar-refractivity contribution in [3.8, 4) is 0 Å². The maximum Gasteiger partial charge on any atom is 0.238 e. The van der Waals surface area contributed by atoms with Crippen LogP contribution in [0.3, 0.4) is 0 Å². The van der Waals surface area contributed by atoms with Crippen LogP contribution in [0.1, 0.15) is 36.7 Å². The molecule has 5 nitrogen and oxygen atoms in total. The first-order valence-corrected chi connectivity index (χ1v) is 7.58. The second kappa shape index (κ2) is 7.22. The van der Waals surface area contributed by atoms with Crippen molar-refractivity contribution in [1.82, 2.24) is 15.5 Å². The molecule has 22 heavy (non-hydrogen) atoms. The first kappa shape index (κ1) is 16.2. The molecule has 2 atom stereocenters. The summed E-state index contributed by atoms with van der Waals surface area (Å²) in [5.41, 5.74) is 3.72. The molecule has 118 valence electrons. The van der Waals surface area contributed by atoms with Gasteiger partial charge in [-0.05, 0) is 32.3 Å². The third kappa shape index (κ3) is 3.95. The summed E-state index contributed by atoms with van der Waals surface area (Å²) < 4.78 is 0. The third-order valence-electron chi connectivity index (χ3n) is 4.05. The number of rotatable bonds is 6. The number of amides is 1. The van der Waals surface area contributed by atoms with Crippen LogP contribution >= 0.6 is 0 Å². The summed E-state index contributed by atoms with van der Waals surface area (Å²) in [6.45, 7) is 8.30. The zero-order valence-electron chi connectivity index (χ0n) is 13.6. The predicted molar refractivity (Wildman–Crippen MR) is 89.0 cm³/mol. The summed E-state index contributed by atoms with van der Waals surface area (Å²) in [5.74, 6) is 0.283. The van der Waals surface area contributed by atoms with Crippen molar-refractivity contribution in [1.29, 1.82) is 0 Å². The van der Waals surface area contributed by atoms with Crippen LogP contribution in [0.25, 0.3) is 0 Å². The number of benzene rings is 1. The number of aromatic nitrogens is 2. The minimum Gasteiger partial charge on any atom is -0.322 e. The highest BCUT2D eigenvalue weighted by molar-refractivity contribution is 5.93. The summed E-state index contributed by atoms with van der Waals surface area (Å²) in [4.78, 5) is 12.1. The molecule has 0 radical (unpaired) electrons. The number of hydrogen-bond acceptors (Lipinski definition) is 3. The highest BCUT2D eigenvalue weighted by Gasteiger charge is 2.16. The lowest BCUT2D eigenvalue weighted by atomic mass is 9.94. The fraction of sp³-hybridized carbons (Fsp3) is 0.412. The Hall–Kier alpha value is -2.14. The van der Waals surface area contributed by atoms with Crippen molar-refractivity contribution >= 4 is 11.6 Å². The summed E-state index contributed by atoms with van der Waals surface area (Å²) in [5, 5.41) is 13.1. The maximum absolute atomic E-state index is 12.1. The van der Waals surface area contributed by atoms with Crippen LogP contribution in [-0.4, -0.2) is 28.7 Å². The first-order valence-electron chi connectivity index (χ1n) is 7.58. The molecule has 2 rings (SSSR count). The monoisotopic (exact) mass is 300 g/mol. The average molecular weight is 300 g/mol. The van der Waals surface area contributed by atoms with E-state index in [2.05, 4.69) is 46.8 Å². The van der Waals surface area contributed by atoms with Crippen molar-refractivity contribution in [2.75, 3.05) is 11.9 Å². The second-order valence-corrected chi connectivity index (χ2v) is 5.73. The molecule has 1 heterocycles. The average Bonchev–Trinajstić information content (AvgIpc) is 2.84. The minimum absolute atomic E-state index is 0.0558. The maximum atomic E-state index is 12.1. The Labute approximate surface area is 131 Å². The Balaban J connectivity index is 1.86. The SMILES string of the molecule is Cc1n[nH]c(C)c1NC(=O)CN[C@H](C)[C@@H](C)c1ccccc1. The van der Waals surface area contributed by atoms with Gasteiger partial charge in [0.2, 0.25) is 5.91 Å². The highest BCUT2D eigenvalue weighted by atomic mass is 16.1. The molecule has 1 aromatic carbocycles. The molecule has 1 aromatic heterocycles. The zero-order chi connectivity index (χ0) is 16.1. The van der Waals surface area contributed by atoms with Gasteiger partial charge >= 0.3 is 0 Å². The van der Waals surface area contributed by atoms with E-state index < -0.39 is 0 Å². The lowest BCUT2D eigenvalue weighted by Crippen LogP contribution is -2.37. The topological polar surface area (TPSA) is 69.8 Å². The van der Waals surface area contributed by atoms with Crippen LogP contribution in [-0.2, 0) is 4.79 Å². The zero-order valence-corrected chi connectivity index (χ0v) is 13.6. The fourth-order valence-electron chi connectivity index (χ4n) is 2.39. The lowest BCUT2D eigenvalue weighted by Gasteiger charge is -2.21. The first-order chi connectivity index (χ1) is 10.5. The van der Waals surface area contributed by atoms with E-state index in [1.165, 1.54) is 5.56 Å². The van der Waals surface area contributed by atoms with E-state index in [4.69, 9.17) is 0 Å². The smallest absolute Gasteiger partial charge is 0.238 e. The molecular formula is C17H24N4O. The van der Waals surface area contributed by atoms with Crippen LogP contribution in [0.2, 0.25) is 0 Å². The highest BCUT2D eigenvalue weighted by Crippen LogP contribution is 2.18. The Bertz CT molecular complexity index is 601. The number of nitrogens with one attached hydrogen (secondary N) is 3. The van der Waals surface area contributed by atoms with E-state index in [0.29, 0.717) is 5.92 Å². The van der Waals surface area contributed by atoms with Crippen molar-refractivity contribution in [3.63, 3.8) is 0 Å². The molecule has 0 fully saturated rings. The molecule has 1 amide bonds. The molecule has 0 spiro atoms. The molecule has 0 saturated heterocycles. The molecule has 0 aliphatic rings. The number of carbonyl (C=O) groups is 1. The molecule has 0 saturated carbocycles. The van der Waals surface area contributed by atoms with Gasteiger partial charge in [0.25, 0.3) is 0 Å². The third-order valence-corrected chi connectivity index (χ3v) is 4.05. The van der Waals surface area contributed by atoms with E-state index in [-0.39, 0.29) is 18.5 Å². The van der Waals surface area contributed by atoms with Gasteiger partial charge in [-0.15, -0.1) is 0 Å². The van der Waals surface area contributed by atoms with Gasteiger partial charge in [0.15, 0.2) is 0 Å². The van der Waals surface area contributed by atoms with Gasteiger partial charge in [0.1, 0.15) is 0 Å². The number of aryl methyl sites for hydroxylation is 2. The number of aromatic amines is 1. The standard InChI is InChI=1S/C17H24N4O/c1-11(15-8-6-5-7-9-15)12(2)18-10-16(22)19-17-13(3)20-21-14(17)4/h5-9,11-12,18H,10H2,1-4H3,(H,19,22)(H,20,21)/t11-,12-/m1/s1. The molecular weight excluding hydrogens is 276 g/mol. The summed E-state index contributed by atoms with van der Waals surface area (Å²) in [6, 6.07) is 10.5. The second-order valence-electron chi connectivity index (χ2n) is 5.73. The Morgan fingerprint density at radius 1 is 1.23 bits per heavy atom. The Morgan fingerprint density at radius 2 is 1.91 bits per heavy atom. The predicted octanol–water partition coefficient (Wildman–Crippen LogP) is 2.75. The van der Waals surface area contributed by atoms with Crippen LogP contribution < -0.4 is 10.6 Å². The van der Waals surface area contributed by atoms with Crippen molar-refractivity contribution in [2.45, 2.75) is 39.7 Å². The van der Waals surface area contributed by atoms with Gasteiger partial charge in [0, 0.05) is 6.04 Å². The number of anilines is 1. The van der Waals surface area contributed by atoms with E-state index in [1.54, 1.807) is 0 Å². The molecule has 3 N–H and O–H groups in total. The molecule has 2 aromatic rings. The van der Waals surface area contributed by atoms with Crippen LogP contribution in [0, 0.1) is 13.8 Å². The van der Waals surface area contributed by atoms with Crippen molar-refractivity contribution < 1.29 is 4.79 Å². The van der Waals surface area contributed by atoms with Gasteiger partial charge in [0.05, 0.1) is 23.6 Å². The lowest BCUT2D eigenvalue weighted by molar-refractivity contribution is -0.115. The number of H-pyrrole nitrogens is 1. The van der Waals surface area contributed by atoms with Crippen LogP contribution in [0.15, 0.2) is 30.3 Å². The van der Waals surface area contributed by atoms with Gasteiger partial charge in [-0.25, -0.2) is 0 Å².